The third-order valence-corrected chi connectivity index (χ3v) is 16.2. The van der Waals surface area contributed by atoms with Crippen molar-refractivity contribution in [1.29, 1.82) is 0 Å². The first kappa shape index (κ1) is 78.0. The van der Waals surface area contributed by atoms with Gasteiger partial charge < -0.3 is 88.6 Å². The average Bonchev–Trinajstić information content (AvgIpc) is 0.774. The lowest BCUT2D eigenvalue weighted by molar-refractivity contribution is -0.376. The summed E-state index contributed by atoms with van der Waals surface area (Å²) in [6.45, 7) is -5.16. The van der Waals surface area contributed by atoms with Crippen LogP contribution in [0.4, 0.5) is 0 Å². The predicted molar refractivity (Wildman–Crippen MR) is 257 cm³/mol. The number of carboxylic acids is 2. The molecule has 5 fully saturated rings. The number of nitrogens with one attached hydrogen (secondary N) is 3. The van der Waals surface area contributed by atoms with Gasteiger partial charge in [0.15, 0.2) is 49.8 Å². The van der Waals surface area contributed by atoms with Crippen LogP contribution < -0.4 is 14.2 Å². The first-order valence-electron chi connectivity index (χ1n) is 23.2. The van der Waals surface area contributed by atoms with Crippen molar-refractivity contribution in [3.8, 4) is 0 Å². The Morgan fingerprint density at radius 2 is 0.678 bits per heavy atom. The van der Waals surface area contributed by atoms with Crippen LogP contribution in [0.1, 0.15) is 0 Å². The van der Waals surface area contributed by atoms with Gasteiger partial charge in [-0.05, 0) is 0 Å². The summed E-state index contributed by atoms with van der Waals surface area (Å²) >= 11 is 0. The Morgan fingerprint density at radius 1 is 0.333 bits per heavy atom. The van der Waals surface area contributed by atoms with E-state index < -0.39 is 268 Å². The maximum absolute atomic E-state index is 13.0. The number of ether oxygens (including phenoxy) is 9. The molecule has 5 aliphatic heterocycles. The molecular weight excluding hydrogens is 1440 g/mol. The van der Waals surface area contributed by atoms with E-state index in [0.29, 0.717) is 0 Å². The molecule has 90 heavy (non-hydrogen) atoms. The van der Waals surface area contributed by atoms with Crippen LogP contribution >= 0.6 is 0 Å². The fraction of sp³-hybridized carbons (Fsp3) is 0.933. The lowest BCUT2D eigenvalue weighted by Crippen LogP contribution is -2.71. The van der Waals surface area contributed by atoms with Crippen LogP contribution in [0.3, 0.4) is 0 Å². The molecule has 25 unspecified atom stereocenters. The minimum Gasteiger partial charge on any atom is -0.479 e. The number of aliphatic hydroxyl groups is 7. The van der Waals surface area contributed by atoms with E-state index in [1.54, 1.807) is 0 Å². The first-order chi connectivity index (χ1) is 40.6. The van der Waals surface area contributed by atoms with Gasteiger partial charge in [0.05, 0.1) is 19.8 Å². The third kappa shape index (κ3) is 22.4. The van der Waals surface area contributed by atoms with Crippen LogP contribution in [0.2, 0.25) is 0 Å². The van der Waals surface area contributed by atoms with Gasteiger partial charge in [0.1, 0.15) is 104 Å². The highest BCUT2D eigenvalue weighted by Gasteiger charge is 2.61. The molecule has 0 saturated carbocycles. The van der Waals surface area contributed by atoms with Crippen molar-refractivity contribution < 1.29 is 223 Å². The van der Waals surface area contributed by atoms with Gasteiger partial charge in [0.25, 0.3) is 0 Å². The van der Waals surface area contributed by atoms with E-state index in [9.17, 15) is 150 Å². The Kier molecular flexibility index (Phi) is 25.4. The third-order valence-electron chi connectivity index (χ3n) is 12.2. The number of aliphatic hydroxyl groups excluding tert-OH is 7. The second-order valence-electron chi connectivity index (χ2n) is 18.5. The zero-order valence-electron chi connectivity index (χ0n) is 43.0. The topological polar surface area (TPSA) is 816 Å². The molecule has 528 valence electrons. The van der Waals surface area contributed by atoms with Crippen molar-refractivity contribution in [2.75, 3.05) is 19.8 Å². The van der Waals surface area contributed by atoms with E-state index in [1.807, 2.05) is 0 Å². The zero-order chi connectivity index (χ0) is 68.7. The van der Waals surface area contributed by atoms with Crippen LogP contribution in [0.15, 0.2) is 0 Å². The van der Waals surface area contributed by atoms with Gasteiger partial charge in [0, 0.05) is 0 Å². The smallest absolute Gasteiger partial charge is 0.397 e. The van der Waals surface area contributed by atoms with E-state index in [4.69, 9.17) is 51.7 Å². The molecule has 0 aromatic heterocycles. The predicted octanol–water partition coefficient (Wildman–Crippen LogP) is -14.4. The molecule has 20 N–H and O–H groups in total. The molecule has 0 aromatic carbocycles. The molecule has 5 saturated heterocycles. The van der Waals surface area contributed by atoms with Crippen molar-refractivity contribution in [2.24, 2.45) is 0 Å². The SMILES string of the molecule is O=C(O)C1OC(OC2C(COS(=O)(=O)O)OC(OC3C(C(=O)O)OC(OC4C(COS(=O)(=O)O)OC(O)C(NS(=O)(=O)O)C4O)C(NS(=O)(=O)O)C3O)C(OS(=O)(=O)O)C2OS(=O)(=O)O)C(O)C(O)C1OC1OC(COS(=O)(=O)O)C(O)C(O)C1NS(=O)(=O)O. The maximum Gasteiger partial charge on any atom is 0.397 e. The molecule has 5 aliphatic rings. The number of carboxylic acid groups (broad SMARTS) is 2. The fourth-order valence-electron chi connectivity index (χ4n) is 8.79. The van der Waals surface area contributed by atoms with Crippen molar-refractivity contribution in [1.82, 2.24) is 14.2 Å². The lowest BCUT2D eigenvalue weighted by Gasteiger charge is -2.50. The van der Waals surface area contributed by atoms with E-state index >= 15 is 0 Å². The molecule has 0 radical (unpaired) electrons. The Labute approximate surface area is 502 Å². The van der Waals surface area contributed by atoms with Crippen LogP contribution in [0.25, 0.3) is 0 Å². The summed E-state index contributed by atoms with van der Waals surface area (Å²) < 4.78 is 339. The van der Waals surface area contributed by atoms with Crippen molar-refractivity contribution in [3.63, 3.8) is 0 Å². The summed E-state index contributed by atoms with van der Waals surface area (Å²) in [5.41, 5.74) is 0. The minimum atomic E-state index is -6.39. The van der Waals surface area contributed by atoms with Gasteiger partial charge in [-0.25, -0.2) is 30.5 Å². The summed E-state index contributed by atoms with van der Waals surface area (Å²) in [7, 11) is -46.8. The molecule has 25 atom stereocenters. The number of carbonyl (C=O) groups is 2. The number of aliphatic carboxylic acids is 2. The number of hydrogen-bond acceptors (Lipinski definition) is 39. The first-order valence-corrected chi connectivity index (χ1v) is 34.3. The lowest BCUT2D eigenvalue weighted by atomic mass is 9.94. The molecule has 0 aromatic rings. The average molecular weight is 1490 g/mol. The van der Waals surface area contributed by atoms with Crippen LogP contribution in [-0.4, -0.2) is 335 Å². The second-order valence-corrected chi connectivity index (χ2v) is 27.4. The normalized spacial score (nSPS) is 38.9. The van der Waals surface area contributed by atoms with Crippen LogP contribution in [0, 0.1) is 0 Å². The molecule has 5 heterocycles. The highest BCUT2D eigenvalue weighted by molar-refractivity contribution is 7.84. The molecule has 0 spiro atoms. The van der Waals surface area contributed by atoms with E-state index in [-0.39, 0.29) is 0 Å². The highest BCUT2D eigenvalue weighted by atomic mass is 32.3. The molecule has 5 rings (SSSR count). The van der Waals surface area contributed by atoms with Gasteiger partial charge in [-0.2, -0.15) is 81.5 Å². The summed E-state index contributed by atoms with van der Waals surface area (Å²) in [6, 6.07) is -8.16. The van der Waals surface area contributed by atoms with Gasteiger partial charge in [-0.15, -0.1) is 0 Å². The number of rotatable bonds is 29. The molecule has 0 amide bonds. The van der Waals surface area contributed by atoms with Gasteiger partial charge in [0.2, 0.25) is 0 Å². The maximum atomic E-state index is 13.0. The Hall–Kier alpha value is -2.74. The van der Waals surface area contributed by atoms with Gasteiger partial charge in [-0.3, -0.25) is 36.4 Å². The molecule has 60 heteroatoms. The highest BCUT2D eigenvalue weighted by Crippen LogP contribution is 2.39. The number of hydrogen-bond donors (Lipinski definition) is 20. The standard InChI is InChI=1S/C30H51N3O49S8/c34-10-4(1-69-86(54,55)56)73-27(8(11(10)35)32-84(48,49)50)77-19-14(38)15(39)29(80-22(19)25(42)43)76-17-6(3-71-88(60,61)62)74-30(23(82-90(66,67)68)20(17)81-89(63,64)65)78-18-13(37)9(33-85(51,52)53)28(79-21(18)24(40)41)75-16-5(2-70-87(57,58)59)72-26(44)7(12(16)36)31-83(45,46)47/h4-23,26-39,44H,1-3H2,(H,40,41)(H,42,43)(H,45,46,47)(H,48,49,50)(H,51,52,53)(H,54,55,56)(H,57,58,59)(H,60,61,62)(H,63,64,65)(H,66,67,68). The van der Waals surface area contributed by atoms with Crippen molar-refractivity contribution in [3.05, 3.63) is 0 Å². The van der Waals surface area contributed by atoms with Crippen molar-refractivity contribution in [2.45, 2.75) is 153 Å². The van der Waals surface area contributed by atoms with Gasteiger partial charge in [-0.1, -0.05) is 0 Å². The minimum absolute atomic E-state index is 1.15. The summed E-state index contributed by atoms with van der Waals surface area (Å²) in [5.74, 6) is -4.94. The van der Waals surface area contributed by atoms with Crippen molar-refractivity contribution >= 4 is 94.8 Å². The summed E-state index contributed by atoms with van der Waals surface area (Å²) in [4.78, 5) is 25.7. The largest absolute Gasteiger partial charge is 0.479 e. The Balaban J connectivity index is 1.59. The van der Waals surface area contributed by atoms with Crippen LogP contribution in [0.5, 0.6) is 0 Å². The molecular formula is C30H51N3O49S8. The van der Waals surface area contributed by atoms with E-state index in [2.05, 4.69) is 20.9 Å². The molecule has 52 nitrogen and oxygen atoms in total. The summed E-state index contributed by atoms with van der Waals surface area (Å²) in [5, 5.41) is 97.9. The van der Waals surface area contributed by atoms with E-state index in [0.717, 1.165) is 4.72 Å². The molecule has 0 aliphatic carbocycles. The van der Waals surface area contributed by atoms with E-state index in [1.165, 1.54) is 9.44 Å². The zero-order valence-corrected chi connectivity index (χ0v) is 49.5. The van der Waals surface area contributed by atoms with Gasteiger partial charge >= 0.3 is 94.8 Å². The fourth-order valence-corrected chi connectivity index (χ4v) is 12.5. The second kappa shape index (κ2) is 29.3. The monoisotopic (exact) mass is 1490 g/mol. The quantitative estimate of drug-likeness (QED) is 0.0309. The Bertz CT molecular complexity index is 3470. The molecule has 0 bridgehead atoms. The van der Waals surface area contributed by atoms with Crippen LogP contribution in [-0.2, 0) is 156 Å². The summed E-state index contributed by atoms with van der Waals surface area (Å²) in [6.07, 6.45) is -65.0. The Morgan fingerprint density at radius 3 is 1.12 bits per heavy atom.